The molecule has 0 aliphatic carbocycles. The first-order valence-electron chi connectivity index (χ1n) is 12.6. The zero-order valence-electron chi connectivity index (χ0n) is 19.9. The van der Waals surface area contributed by atoms with Crippen molar-refractivity contribution in [2.75, 3.05) is 0 Å². The molecule has 0 aromatic heterocycles. The molecule has 0 rings (SSSR count). The largest absolute Gasteiger partial charge is 0.481 e. The number of carboxylic acids is 1. The SMILES string of the molecule is CCCCCCCCCCCCCCCCCCCCC(C(=O)O)C(C)(C)C. The van der Waals surface area contributed by atoms with Crippen LogP contribution in [-0.2, 0) is 4.79 Å². The summed E-state index contributed by atoms with van der Waals surface area (Å²) in [7, 11) is 0. The van der Waals surface area contributed by atoms with Gasteiger partial charge < -0.3 is 5.11 Å². The van der Waals surface area contributed by atoms with Crippen LogP contribution in [0, 0.1) is 11.3 Å². The Hall–Kier alpha value is -0.530. The summed E-state index contributed by atoms with van der Waals surface area (Å²) in [6.07, 6.45) is 25.6. The number of carbonyl (C=O) groups is 1. The van der Waals surface area contributed by atoms with Gasteiger partial charge in [-0.3, -0.25) is 4.79 Å². The number of carboxylic acid groups (broad SMARTS) is 1. The van der Waals surface area contributed by atoms with Gasteiger partial charge in [0.15, 0.2) is 0 Å². The molecule has 0 aliphatic heterocycles. The summed E-state index contributed by atoms with van der Waals surface area (Å²) in [5.74, 6) is -0.826. The Kier molecular flexibility index (Phi) is 18.1. The predicted octanol–water partition coefficient (Wildman–Crippen LogP) is 9.17. The average molecular weight is 397 g/mol. The lowest BCUT2D eigenvalue weighted by molar-refractivity contribution is -0.145. The van der Waals surface area contributed by atoms with Gasteiger partial charge in [-0.05, 0) is 11.8 Å². The van der Waals surface area contributed by atoms with Gasteiger partial charge in [0.2, 0.25) is 0 Å². The molecule has 0 saturated carbocycles. The van der Waals surface area contributed by atoms with Crippen molar-refractivity contribution < 1.29 is 9.90 Å². The van der Waals surface area contributed by atoms with E-state index in [9.17, 15) is 9.90 Å². The number of aliphatic carboxylic acids is 1. The van der Waals surface area contributed by atoms with Gasteiger partial charge in [0, 0.05) is 0 Å². The van der Waals surface area contributed by atoms with Gasteiger partial charge in [-0.1, -0.05) is 143 Å². The van der Waals surface area contributed by atoms with Gasteiger partial charge >= 0.3 is 5.97 Å². The first-order chi connectivity index (χ1) is 13.4. The van der Waals surface area contributed by atoms with E-state index in [-0.39, 0.29) is 11.3 Å². The maximum absolute atomic E-state index is 11.4. The summed E-state index contributed by atoms with van der Waals surface area (Å²) in [5, 5.41) is 9.35. The van der Waals surface area contributed by atoms with E-state index < -0.39 is 5.97 Å². The van der Waals surface area contributed by atoms with Gasteiger partial charge in [-0.15, -0.1) is 0 Å². The van der Waals surface area contributed by atoms with E-state index in [2.05, 4.69) is 6.92 Å². The molecule has 0 spiro atoms. The minimum absolute atomic E-state index is 0.125. The van der Waals surface area contributed by atoms with Crippen LogP contribution in [0.3, 0.4) is 0 Å². The molecule has 0 aromatic rings. The van der Waals surface area contributed by atoms with Crippen molar-refractivity contribution in [3.63, 3.8) is 0 Å². The number of unbranched alkanes of at least 4 members (excludes halogenated alkanes) is 17. The highest BCUT2D eigenvalue weighted by atomic mass is 16.4. The summed E-state index contributed by atoms with van der Waals surface area (Å²) >= 11 is 0. The van der Waals surface area contributed by atoms with Gasteiger partial charge in [-0.2, -0.15) is 0 Å². The van der Waals surface area contributed by atoms with Crippen LogP contribution in [-0.4, -0.2) is 11.1 Å². The maximum atomic E-state index is 11.4. The minimum Gasteiger partial charge on any atom is -0.481 e. The van der Waals surface area contributed by atoms with Crippen molar-refractivity contribution in [2.45, 2.75) is 150 Å². The van der Waals surface area contributed by atoms with Crippen LogP contribution in [0.25, 0.3) is 0 Å². The first-order valence-corrected chi connectivity index (χ1v) is 12.6. The molecule has 2 heteroatoms. The topological polar surface area (TPSA) is 37.3 Å². The molecule has 0 bridgehead atoms. The van der Waals surface area contributed by atoms with E-state index in [0.717, 1.165) is 12.8 Å². The van der Waals surface area contributed by atoms with E-state index in [1.807, 2.05) is 20.8 Å². The van der Waals surface area contributed by atoms with Gasteiger partial charge in [0.1, 0.15) is 0 Å². The Morgan fingerprint density at radius 3 is 1.14 bits per heavy atom. The van der Waals surface area contributed by atoms with Gasteiger partial charge in [-0.25, -0.2) is 0 Å². The van der Waals surface area contributed by atoms with Gasteiger partial charge in [0.25, 0.3) is 0 Å². The molecule has 0 radical (unpaired) electrons. The van der Waals surface area contributed by atoms with Crippen molar-refractivity contribution in [2.24, 2.45) is 11.3 Å². The summed E-state index contributed by atoms with van der Waals surface area (Å²) in [5.41, 5.74) is -0.125. The highest BCUT2D eigenvalue weighted by Gasteiger charge is 2.30. The van der Waals surface area contributed by atoms with Crippen molar-refractivity contribution in [1.82, 2.24) is 0 Å². The van der Waals surface area contributed by atoms with Crippen molar-refractivity contribution in [3.05, 3.63) is 0 Å². The first kappa shape index (κ1) is 27.5. The van der Waals surface area contributed by atoms with Gasteiger partial charge in [0.05, 0.1) is 5.92 Å². The molecule has 1 N–H and O–H groups in total. The molecule has 0 fully saturated rings. The number of hydrogen-bond acceptors (Lipinski definition) is 1. The molecule has 0 aliphatic rings. The van der Waals surface area contributed by atoms with E-state index >= 15 is 0 Å². The lowest BCUT2D eigenvalue weighted by atomic mass is 9.78. The molecule has 28 heavy (non-hydrogen) atoms. The van der Waals surface area contributed by atoms with Crippen LogP contribution in [0.4, 0.5) is 0 Å². The van der Waals surface area contributed by atoms with Crippen LogP contribution in [0.2, 0.25) is 0 Å². The Balaban J connectivity index is 3.27. The molecule has 0 amide bonds. The maximum Gasteiger partial charge on any atom is 0.307 e. The molecular formula is C26H52O2. The lowest BCUT2D eigenvalue weighted by Crippen LogP contribution is -2.28. The second-order valence-electron chi connectivity index (χ2n) is 10.1. The normalized spacial score (nSPS) is 13.0. The second-order valence-corrected chi connectivity index (χ2v) is 10.1. The minimum atomic E-state index is -0.625. The van der Waals surface area contributed by atoms with E-state index in [1.165, 1.54) is 109 Å². The molecule has 0 saturated heterocycles. The fourth-order valence-corrected chi connectivity index (χ4v) is 4.18. The molecule has 2 nitrogen and oxygen atoms in total. The quantitative estimate of drug-likeness (QED) is 0.208. The number of hydrogen-bond donors (Lipinski definition) is 1. The smallest absolute Gasteiger partial charge is 0.307 e. The fourth-order valence-electron chi connectivity index (χ4n) is 4.18. The zero-order valence-corrected chi connectivity index (χ0v) is 19.9. The second kappa shape index (κ2) is 18.5. The lowest BCUT2D eigenvalue weighted by Gasteiger charge is -2.26. The monoisotopic (exact) mass is 396 g/mol. The Morgan fingerprint density at radius 2 is 0.893 bits per heavy atom. The molecule has 0 heterocycles. The number of rotatable bonds is 20. The zero-order chi connectivity index (χ0) is 21.1. The van der Waals surface area contributed by atoms with Crippen LogP contribution in [0.15, 0.2) is 0 Å². The Labute approximate surface area is 177 Å². The molecular weight excluding hydrogens is 344 g/mol. The fraction of sp³-hybridized carbons (Fsp3) is 0.962. The highest BCUT2D eigenvalue weighted by Crippen LogP contribution is 2.30. The summed E-state index contributed by atoms with van der Waals surface area (Å²) in [4.78, 5) is 11.4. The average Bonchev–Trinajstić information content (AvgIpc) is 2.62. The van der Waals surface area contributed by atoms with E-state index in [4.69, 9.17) is 0 Å². The van der Waals surface area contributed by atoms with Crippen molar-refractivity contribution >= 4 is 5.97 Å². The molecule has 0 aromatic carbocycles. The third kappa shape index (κ3) is 17.6. The van der Waals surface area contributed by atoms with E-state index in [0.29, 0.717) is 0 Å². The summed E-state index contributed by atoms with van der Waals surface area (Å²) in [6, 6.07) is 0. The molecule has 168 valence electrons. The Morgan fingerprint density at radius 1 is 0.607 bits per heavy atom. The molecule has 1 atom stereocenters. The van der Waals surface area contributed by atoms with Crippen molar-refractivity contribution in [3.8, 4) is 0 Å². The molecule has 1 unspecified atom stereocenters. The third-order valence-corrected chi connectivity index (χ3v) is 6.19. The Bertz CT molecular complexity index is 343. The predicted molar refractivity (Wildman–Crippen MR) is 124 cm³/mol. The highest BCUT2D eigenvalue weighted by molar-refractivity contribution is 5.70. The third-order valence-electron chi connectivity index (χ3n) is 6.19. The van der Waals surface area contributed by atoms with Crippen LogP contribution < -0.4 is 0 Å². The van der Waals surface area contributed by atoms with Crippen LogP contribution in [0.5, 0.6) is 0 Å². The summed E-state index contributed by atoms with van der Waals surface area (Å²) in [6.45, 7) is 8.41. The standard InChI is InChI=1S/C26H52O2/c1-5-6-7-8-9-10-11-12-13-14-15-16-17-18-19-20-21-22-23-24(25(27)28)26(2,3)4/h24H,5-23H2,1-4H3,(H,27,28). The van der Waals surface area contributed by atoms with Crippen molar-refractivity contribution in [1.29, 1.82) is 0 Å². The summed E-state index contributed by atoms with van der Waals surface area (Å²) < 4.78 is 0. The van der Waals surface area contributed by atoms with E-state index in [1.54, 1.807) is 0 Å². The van der Waals surface area contributed by atoms with Crippen LogP contribution >= 0.6 is 0 Å². The van der Waals surface area contributed by atoms with Crippen LogP contribution in [0.1, 0.15) is 150 Å².